The van der Waals surface area contributed by atoms with E-state index in [0.29, 0.717) is 32.3 Å². The highest BCUT2D eigenvalue weighted by atomic mass is 32.2. The van der Waals surface area contributed by atoms with Crippen LogP contribution in [0.1, 0.15) is 96.8 Å². The molecule has 4 aliphatic rings. The Morgan fingerprint density at radius 1 is 1.02 bits per heavy atom. The first-order valence-electron chi connectivity index (χ1n) is 15.6. The van der Waals surface area contributed by atoms with Crippen LogP contribution in [0.25, 0.3) is 0 Å². The van der Waals surface area contributed by atoms with Crippen molar-refractivity contribution >= 4 is 15.8 Å². The number of carbonyl (C=O) groups is 1. The Bertz CT molecular complexity index is 935. The quantitative estimate of drug-likeness (QED) is 0.112. The summed E-state index contributed by atoms with van der Waals surface area (Å²) in [6, 6.07) is 0. The average molecular weight is 583 g/mol. The van der Waals surface area contributed by atoms with Gasteiger partial charge in [0.15, 0.2) is 22.4 Å². The van der Waals surface area contributed by atoms with Gasteiger partial charge in [0.2, 0.25) is 0 Å². The smallest absolute Gasteiger partial charge is 0.330 e. The summed E-state index contributed by atoms with van der Waals surface area (Å²) in [7, 11) is -1.98. The summed E-state index contributed by atoms with van der Waals surface area (Å²) in [5.41, 5.74) is 0. The monoisotopic (exact) mass is 582 g/mol. The molecule has 0 aromatic heterocycles. The molecule has 1 saturated carbocycles. The normalized spacial score (nSPS) is 34.8. The summed E-state index contributed by atoms with van der Waals surface area (Å²) in [5, 5.41) is -0.814. The molecule has 0 bridgehead atoms. The Kier molecular flexibility index (Phi) is 12.5. The number of rotatable bonds is 14. The van der Waals surface area contributed by atoms with E-state index in [9.17, 15) is 13.2 Å². The molecule has 8 atom stereocenters. The molecule has 9 heteroatoms. The number of ether oxygens (including phenoxy) is 5. The van der Waals surface area contributed by atoms with Gasteiger partial charge in [0.05, 0.1) is 29.8 Å². The zero-order chi connectivity index (χ0) is 28.4. The van der Waals surface area contributed by atoms with Gasteiger partial charge in [0, 0.05) is 25.2 Å². The maximum Gasteiger partial charge on any atom is 0.330 e. The second-order valence-corrected chi connectivity index (χ2v) is 14.2. The SMILES string of the molecule is CCCCC[C@@H](C=C[C@@H]1[C@H]2CC(CCC=CC(=O)OC)S(=O)(=O)[C@@H]2C[C@H]1OC1CCCCO1)OC1CCCCO1. The highest BCUT2D eigenvalue weighted by molar-refractivity contribution is 7.93. The van der Waals surface area contributed by atoms with Gasteiger partial charge in [-0.2, -0.15) is 0 Å². The fourth-order valence-corrected chi connectivity index (χ4v) is 9.45. The molecular formula is C31H50O8S. The number of carbonyl (C=O) groups excluding carboxylic acids is 1. The molecule has 228 valence electrons. The van der Waals surface area contributed by atoms with Crippen LogP contribution < -0.4 is 0 Å². The number of unbranched alkanes of at least 4 members (excludes halogenated alkanes) is 2. The summed E-state index contributed by atoms with van der Waals surface area (Å²) in [6.45, 7) is 3.64. The largest absolute Gasteiger partial charge is 0.466 e. The molecule has 3 unspecified atom stereocenters. The lowest BCUT2D eigenvalue weighted by Gasteiger charge is -2.30. The van der Waals surface area contributed by atoms with E-state index in [-0.39, 0.29) is 36.6 Å². The number of hydrogen-bond acceptors (Lipinski definition) is 8. The van der Waals surface area contributed by atoms with Gasteiger partial charge < -0.3 is 23.7 Å². The third-order valence-electron chi connectivity index (χ3n) is 8.97. The van der Waals surface area contributed by atoms with Crippen LogP contribution in [0.4, 0.5) is 0 Å². The van der Waals surface area contributed by atoms with Crippen molar-refractivity contribution in [3.8, 4) is 0 Å². The van der Waals surface area contributed by atoms with Gasteiger partial charge in [-0.05, 0) is 76.5 Å². The third-order valence-corrected chi connectivity index (χ3v) is 11.7. The topological polar surface area (TPSA) is 97.4 Å². The fraction of sp³-hybridized carbons (Fsp3) is 0.839. The average Bonchev–Trinajstić information content (AvgIpc) is 3.43. The van der Waals surface area contributed by atoms with E-state index in [1.54, 1.807) is 6.08 Å². The lowest BCUT2D eigenvalue weighted by atomic mass is 9.89. The molecule has 3 saturated heterocycles. The molecule has 4 rings (SSSR count). The Morgan fingerprint density at radius 3 is 2.45 bits per heavy atom. The maximum atomic E-state index is 13.6. The molecule has 3 aliphatic heterocycles. The Hall–Kier alpha value is -1.26. The number of sulfone groups is 1. The summed E-state index contributed by atoms with van der Waals surface area (Å²) >= 11 is 0. The molecule has 1 aliphatic carbocycles. The molecule has 0 radical (unpaired) electrons. The number of esters is 1. The first-order valence-corrected chi connectivity index (χ1v) is 17.2. The summed E-state index contributed by atoms with van der Waals surface area (Å²) < 4.78 is 56.6. The minimum Gasteiger partial charge on any atom is -0.466 e. The molecule has 0 amide bonds. The maximum absolute atomic E-state index is 13.6. The van der Waals surface area contributed by atoms with Gasteiger partial charge in [-0.1, -0.05) is 44.4 Å². The predicted molar refractivity (Wildman–Crippen MR) is 153 cm³/mol. The van der Waals surface area contributed by atoms with Gasteiger partial charge >= 0.3 is 5.97 Å². The summed E-state index contributed by atoms with van der Waals surface area (Å²) in [6.07, 6.45) is 19.3. The van der Waals surface area contributed by atoms with Crippen molar-refractivity contribution in [2.75, 3.05) is 20.3 Å². The van der Waals surface area contributed by atoms with Crippen molar-refractivity contribution in [1.82, 2.24) is 0 Å². The van der Waals surface area contributed by atoms with Crippen molar-refractivity contribution in [2.45, 2.75) is 132 Å². The first-order chi connectivity index (χ1) is 19.4. The zero-order valence-electron chi connectivity index (χ0n) is 24.4. The van der Waals surface area contributed by atoms with Gasteiger partial charge in [-0.3, -0.25) is 0 Å². The number of hydrogen-bond donors (Lipinski definition) is 0. The number of allylic oxidation sites excluding steroid dienone is 1. The summed E-state index contributed by atoms with van der Waals surface area (Å²) in [5.74, 6) is -0.423. The van der Waals surface area contributed by atoms with Gasteiger partial charge in [0.25, 0.3) is 0 Å². The van der Waals surface area contributed by atoms with E-state index in [2.05, 4.69) is 23.8 Å². The van der Waals surface area contributed by atoms with Crippen molar-refractivity contribution in [2.24, 2.45) is 11.8 Å². The van der Waals surface area contributed by atoms with E-state index >= 15 is 0 Å². The van der Waals surface area contributed by atoms with Crippen molar-refractivity contribution in [3.63, 3.8) is 0 Å². The van der Waals surface area contributed by atoms with Crippen molar-refractivity contribution in [3.05, 3.63) is 24.3 Å². The van der Waals surface area contributed by atoms with E-state index in [4.69, 9.17) is 18.9 Å². The Morgan fingerprint density at radius 2 is 1.77 bits per heavy atom. The highest BCUT2D eigenvalue weighted by Crippen LogP contribution is 2.50. The van der Waals surface area contributed by atoms with Crippen molar-refractivity contribution < 1.29 is 36.9 Å². The highest BCUT2D eigenvalue weighted by Gasteiger charge is 2.56. The Labute approximate surface area is 241 Å². The molecule has 3 heterocycles. The van der Waals surface area contributed by atoms with Crippen LogP contribution in [-0.2, 0) is 38.3 Å². The first kappa shape index (κ1) is 31.7. The molecule has 40 heavy (non-hydrogen) atoms. The van der Waals surface area contributed by atoms with Crippen LogP contribution in [0.15, 0.2) is 24.3 Å². The van der Waals surface area contributed by atoms with Crippen LogP contribution in [0.2, 0.25) is 0 Å². The molecule has 0 aromatic carbocycles. The lowest BCUT2D eigenvalue weighted by molar-refractivity contribution is -0.192. The predicted octanol–water partition coefficient (Wildman–Crippen LogP) is 5.65. The minimum absolute atomic E-state index is 0.00616. The summed E-state index contributed by atoms with van der Waals surface area (Å²) in [4.78, 5) is 11.4. The second kappa shape index (κ2) is 15.8. The number of methoxy groups -OCH3 is 1. The molecular weight excluding hydrogens is 532 g/mol. The van der Waals surface area contributed by atoms with Crippen LogP contribution in [0, 0.1) is 11.8 Å². The lowest BCUT2D eigenvalue weighted by Crippen LogP contribution is -2.32. The van der Waals surface area contributed by atoms with Gasteiger partial charge in [-0.15, -0.1) is 0 Å². The van der Waals surface area contributed by atoms with E-state index in [1.807, 2.05) is 0 Å². The standard InChI is InChI=1S/C31H50O8S/c1-3-4-5-12-23(38-30-15-8-10-19-36-30)17-18-25-26-21-24(13-6-7-14-29(32)35-2)40(33,34)28(26)22-27(25)39-31-16-9-11-20-37-31/h7,14,17-18,23-28,30-31H,3-6,8-13,15-16,19-22H2,1-2H3/t23-,24?,25+,26+,27+,28+,30?,31?/m0/s1. The van der Waals surface area contributed by atoms with E-state index in [1.165, 1.54) is 13.2 Å². The molecule has 8 nitrogen and oxygen atoms in total. The fourth-order valence-electron chi connectivity index (χ4n) is 6.77. The van der Waals surface area contributed by atoms with E-state index < -0.39 is 26.3 Å². The minimum atomic E-state index is -3.31. The zero-order valence-corrected chi connectivity index (χ0v) is 25.2. The number of fused-ring (bicyclic) bond motifs is 1. The van der Waals surface area contributed by atoms with Gasteiger partial charge in [0.1, 0.15) is 0 Å². The molecule has 4 fully saturated rings. The van der Waals surface area contributed by atoms with Crippen LogP contribution in [0.3, 0.4) is 0 Å². The molecule has 0 N–H and O–H groups in total. The van der Waals surface area contributed by atoms with Crippen LogP contribution in [-0.4, -0.2) is 70.0 Å². The Balaban J connectivity index is 1.48. The molecule has 0 spiro atoms. The van der Waals surface area contributed by atoms with E-state index in [0.717, 1.165) is 70.8 Å². The van der Waals surface area contributed by atoms with Crippen LogP contribution >= 0.6 is 0 Å². The third kappa shape index (κ3) is 8.63. The molecule has 0 aromatic rings. The van der Waals surface area contributed by atoms with Crippen molar-refractivity contribution in [1.29, 1.82) is 0 Å². The second-order valence-electron chi connectivity index (χ2n) is 11.8. The van der Waals surface area contributed by atoms with Gasteiger partial charge in [-0.25, -0.2) is 13.2 Å². The van der Waals surface area contributed by atoms with Crippen LogP contribution in [0.5, 0.6) is 0 Å².